The van der Waals surface area contributed by atoms with E-state index in [1.807, 2.05) is 27.7 Å². The Balaban J connectivity index is 2.29. The molecule has 0 aromatic rings. The molecule has 0 bridgehead atoms. The molecule has 23 heavy (non-hydrogen) atoms. The molecule has 1 aliphatic heterocycles. The van der Waals surface area contributed by atoms with E-state index in [1.54, 1.807) is 16.9 Å². The number of nitrogens with one attached hydrogen (secondary N) is 1. The quantitative estimate of drug-likeness (QED) is 0.789. The molecular formula is C16H31N3O4. The third kappa shape index (κ3) is 7.65. The second kappa shape index (κ2) is 9.08. The van der Waals surface area contributed by atoms with Crippen LogP contribution in [0.4, 0.5) is 4.79 Å². The van der Waals surface area contributed by atoms with Gasteiger partial charge in [-0.2, -0.15) is 0 Å². The fourth-order valence-corrected chi connectivity index (χ4v) is 2.23. The highest BCUT2D eigenvalue weighted by molar-refractivity contribution is 5.78. The third-order valence-corrected chi connectivity index (χ3v) is 3.64. The maximum Gasteiger partial charge on any atom is 0.410 e. The van der Waals surface area contributed by atoms with Gasteiger partial charge < -0.3 is 24.6 Å². The highest BCUT2D eigenvalue weighted by Gasteiger charge is 2.27. The van der Waals surface area contributed by atoms with Crippen molar-refractivity contribution in [1.82, 2.24) is 15.1 Å². The molecule has 1 atom stereocenters. The van der Waals surface area contributed by atoms with E-state index in [4.69, 9.17) is 9.47 Å². The van der Waals surface area contributed by atoms with Crippen molar-refractivity contribution >= 4 is 12.0 Å². The molecule has 0 radical (unpaired) electrons. The van der Waals surface area contributed by atoms with Crippen LogP contribution in [0.2, 0.25) is 0 Å². The number of amides is 2. The van der Waals surface area contributed by atoms with E-state index in [1.165, 1.54) is 0 Å². The number of hydrogen-bond donors (Lipinski definition) is 1. The number of piperazine rings is 1. The van der Waals surface area contributed by atoms with E-state index in [0.29, 0.717) is 39.3 Å². The molecule has 1 aliphatic rings. The topological polar surface area (TPSA) is 71.1 Å². The number of methoxy groups -OCH3 is 1. The number of nitrogens with zero attached hydrogens (tertiary/aromatic N) is 2. The molecular weight excluding hydrogens is 298 g/mol. The number of carbonyl (C=O) groups excluding carboxylic acids is 2. The average molecular weight is 329 g/mol. The number of carbonyl (C=O) groups is 2. The van der Waals surface area contributed by atoms with Gasteiger partial charge in [-0.25, -0.2) is 4.79 Å². The fourth-order valence-electron chi connectivity index (χ4n) is 2.23. The number of rotatable bonds is 6. The fraction of sp³-hybridized carbons (Fsp3) is 0.875. The maximum absolute atomic E-state index is 12.2. The molecule has 1 unspecified atom stereocenters. The van der Waals surface area contributed by atoms with Gasteiger partial charge in [0.2, 0.25) is 5.91 Å². The second-order valence-electron chi connectivity index (χ2n) is 6.91. The molecule has 0 aromatic carbocycles. The summed E-state index contributed by atoms with van der Waals surface area (Å²) >= 11 is 0. The summed E-state index contributed by atoms with van der Waals surface area (Å²) in [6, 6.07) is 0.238. The minimum atomic E-state index is -0.494. The lowest BCUT2D eigenvalue weighted by atomic mass is 10.2. The standard InChI is InChI=1S/C16H31N3O4/c1-13(6-11-22-5)17-12-14(20)18-7-9-19(10-8-18)15(21)23-16(2,3)4/h13,17H,6-12H2,1-5H3. The van der Waals surface area contributed by atoms with Crippen molar-refractivity contribution in [3.8, 4) is 0 Å². The Morgan fingerprint density at radius 2 is 1.70 bits per heavy atom. The largest absolute Gasteiger partial charge is 0.444 e. The summed E-state index contributed by atoms with van der Waals surface area (Å²) in [6.07, 6.45) is 0.562. The van der Waals surface area contributed by atoms with Gasteiger partial charge in [-0.1, -0.05) is 0 Å². The second-order valence-corrected chi connectivity index (χ2v) is 6.91. The minimum Gasteiger partial charge on any atom is -0.444 e. The monoisotopic (exact) mass is 329 g/mol. The van der Waals surface area contributed by atoms with E-state index >= 15 is 0 Å². The zero-order valence-electron chi connectivity index (χ0n) is 15.1. The van der Waals surface area contributed by atoms with Crippen LogP contribution in [0, 0.1) is 0 Å². The van der Waals surface area contributed by atoms with Gasteiger partial charge >= 0.3 is 6.09 Å². The number of ether oxygens (including phenoxy) is 2. The lowest BCUT2D eigenvalue weighted by molar-refractivity contribution is -0.132. The normalized spacial score (nSPS) is 17.1. The van der Waals surface area contributed by atoms with Gasteiger partial charge in [0, 0.05) is 45.9 Å². The van der Waals surface area contributed by atoms with E-state index in [9.17, 15) is 9.59 Å². The van der Waals surface area contributed by atoms with Crippen molar-refractivity contribution in [3.63, 3.8) is 0 Å². The van der Waals surface area contributed by atoms with Gasteiger partial charge in [-0.15, -0.1) is 0 Å². The molecule has 7 nitrogen and oxygen atoms in total. The summed E-state index contributed by atoms with van der Waals surface area (Å²) in [6.45, 7) is 10.7. The molecule has 0 saturated carbocycles. The predicted octanol–water partition coefficient (Wildman–Crippen LogP) is 1.08. The first-order valence-electron chi connectivity index (χ1n) is 8.21. The maximum atomic E-state index is 12.2. The number of hydrogen-bond acceptors (Lipinski definition) is 5. The van der Waals surface area contributed by atoms with Crippen molar-refractivity contribution in [2.45, 2.75) is 45.8 Å². The Hall–Kier alpha value is -1.34. The summed E-state index contributed by atoms with van der Waals surface area (Å²) in [7, 11) is 1.67. The van der Waals surface area contributed by atoms with Gasteiger partial charge in [0.25, 0.3) is 0 Å². The Bertz CT molecular complexity index is 387. The van der Waals surface area contributed by atoms with Crippen LogP contribution in [-0.2, 0) is 14.3 Å². The van der Waals surface area contributed by atoms with Crippen molar-refractivity contribution in [3.05, 3.63) is 0 Å². The van der Waals surface area contributed by atoms with E-state index in [2.05, 4.69) is 5.32 Å². The average Bonchev–Trinajstić information content (AvgIpc) is 2.49. The van der Waals surface area contributed by atoms with Crippen LogP contribution >= 0.6 is 0 Å². The van der Waals surface area contributed by atoms with Gasteiger partial charge in [0.1, 0.15) is 5.60 Å². The van der Waals surface area contributed by atoms with Crippen molar-refractivity contribution in [2.75, 3.05) is 46.4 Å². The third-order valence-electron chi connectivity index (χ3n) is 3.64. The lowest BCUT2D eigenvalue weighted by Gasteiger charge is -2.35. The lowest BCUT2D eigenvalue weighted by Crippen LogP contribution is -2.53. The highest BCUT2D eigenvalue weighted by atomic mass is 16.6. The van der Waals surface area contributed by atoms with Crippen LogP contribution in [0.3, 0.4) is 0 Å². The molecule has 0 spiro atoms. The minimum absolute atomic E-state index is 0.0677. The molecule has 7 heteroatoms. The zero-order chi connectivity index (χ0) is 17.5. The Morgan fingerprint density at radius 3 is 2.22 bits per heavy atom. The van der Waals surface area contributed by atoms with Crippen LogP contribution in [0.1, 0.15) is 34.1 Å². The van der Waals surface area contributed by atoms with Gasteiger partial charge in [0.05, 0.1) is 6.54 Å². The van der Waals surface area contributed by atoms with Gasteiger partial charge in [0.15, 0.2) is 0 Å². The molecule has 134 valence electrons. The van der Waals surface area contributed by atoms with Gasteiger partial charge in [-0.05, 0) is 34.1 Å². The first-order valence-corrected chi connectivity index (χ1v) is 8.21. The van der Waals surface area contributed by atoms with Crippen molar-refractivity contribution in [1.29, 1.82) is 0 Å². The molecule has 0 aromatic heterocycles. The van der Waals surface area contributed by atoms with Crippen LogP contribution in [0.5, 0.6) is 0 Å². The smallest absolute Gasteiger partial charge is 0.410 e. The summed E-state index contributed by atoms with van der Waals surface area (Å²) in [5.74, 6) is 0.0677. The highest BCUT2D eigenvalue weighted by Crippen LogP contribution is 2.11. The van der Waals surface area contributed by atoms with Gasteiger partial charge in [-0.3, -0.25) is 4.79 Å². The Morgan fingerprint density at radius 1 is 1.13 bits per heavy atom. The summed E-state index contributed by atoms with van der Waals surface area (Å²) in [5, 5.41) is 3.20. The molecule has 1 heterocycles. The Labute approximate surface area is 139 Å². The van der Waals surface area contributed by atoms with E-state index in [0.717, 1.165) is 6.42 Å². The van der Waals surface area contributed by atoms with Crippen LogP contribution < -0.4 is 5.32 Å². The van der Waals surface area contributed by atoms with Crippen LogP contribution in [0.15, 0.2) is 0 Å². The molecule has 1 fully saturated rings. The van der Waals surface area contributed by atoms with Crippen molar-refractivity contribution in [2.24, 2.45) is 0 Å². The first-order chi connectivity index (χ1) is 10.7. The summed E-state index contributed by atoms with van der Waals surface area (Å²) < 4.78 is 10.4. The van der Waals surface area contributed by atoms with E-state index in [-0.39, 0.29) is 18.0 Å². The van der Waals surface area contributed by atoms with Crippen LogP contribution in [0.25, 0.3) is 0 Å². The molecule has 1 rings (SSSR count). The SMILES string of the molecule is COCCC(C)NCC(=O)N1CCN(C(=O)OC(C)(C)C)CC1. The Kier molecular flexibility index (Phi) is 7.78. The molecule has 2 amide bonds. The molecule has 0 aliphatic carbocycles. The predicted molar refractivity (Wildman–Crippen MR) is 88.3 cm³/mol. The van der Waals surface area contributed by atoms with E-state index < -0.39 is 5.60 Å². The summed E-state index contributed by atoms with van der Waals surface area (Å²) in [5.41, 5.74) is -0.494. The first kappa shape index (κ1) is 19.7. The summed E-state index contributed by atoms with van der Waals surface area (Å²) in [4.78, 5) is 27.6. The van der Waals surface area contributed by atoms with Crippen molar-refractivity contribution < 1.29 is 19.1 Å². The zero-order valence-corrected chi connectivity index (χ0v) is 15.1. The van der Waals surface area contributed by atoms with Crippen LogP contribution in [-0.4, -0.2) is 79.9 Å². The molecule has 1 N–H and O–H groups in total. The molecule has 1 saturated heterocycles.